The highest BCUT2D eigenvalue weighted by molar-refractivity contribution is 9.10. The summed E-state index contributed by atoms with van der Waals surface area (Å²) < 4.78 is 7.45. The maximum absolute atomic E-state index is 12.6. The minimum atomic E-state index is -0.562. The first kappa shape index (κ1) is 21.2. The molecule has 3 rings (SSSR count). The Balaban J connectivity index is 1.65. The van der Waals surface area contributed by atoms with Crippen LogP contribution in [-0.4, -0.2) is 50.8 Å². The van der Waals surface area contributed by atoms with Crippen molar-refractivity contribution >= 4 is 50.4 Å². The van der Waals surface area contributed by atoms with Crippen molar-refractivity contribution in [1.29, 1.82) is 0 Å². The van der Waals surface area contributed by atoms with Gasteiger partial charge in [0, 0.05) is 18.3 Å². The third-order valence-corrected chi connectivity index (χ3v) is 4.69. The molecule has 11 nitrogen and oxygen atoms in total. The van der Waals surface area contributed by atoms with Gasteiger partial charge in [-0.3, -0.25) is 23.7 Å². The molecular formula is C18H17BrN6O5. The largest absolute Gasteiger partial charge is 0.468 e. The molecule has 2 heterocycles. The number of benzene rings is 1. The van der Waals surface area contributed by atoms with Crippen molar-refractivity contribution in [3.8, 4) is 0 Å². The summed E-state index contributed by atoms with van der Waals surface area (Å²) >= 11 is 3.22. The van der Waals surface area contributed by atoms with Crippen molar-refractivity contribution in [1.82, 2.24) is 24.6 Å². The van der Waals surface area contributed by atoms with E-state index in [1.54, 1.807) is 7.05 Å². The molecular weight excluding hydrogens is 460 g/mol. The van der Waals surface area contributed by atoms with E-state index >= 15 is 0 Å². The van der Waals surface area contributed by atoms with Crippen LogP contribution in [0.25, 0.3) is 11.0 Å². The van der Waals surface area contributed by atoms with Crippen molar-refractivity contribution in [2.24, 2.45) is 7.05 Å². The minimum absolute atomic E-state index is 0.242. The lowest BCUT2D eigenvalue weighted by Crippen LogP contribution is -2.30. The molecule has 0 unspecified atom stereocenters. The predicted octanol–water partition coefficient (Wildman–Crippen LogP) is 0.434. The van der Waals surface area contributed by atoms with Crippen LogP contribution >= 0.6 is 15.9 Å². The lowest BCUT2D eigenvalue weighted by molar-refractivity contribution is -0.139. The Labute approximate surface area is 178 Å². The van der Waals surface area contributed by atoms with E-state index in [1.165, 1.54) is 47.0 Å². The molecule has 0 aliphatic heterocycles. The highest BCUT2D eigenvalue weighted by Crippen LogP contribution is 2.16. The van der Waals surface area contributed by atoms with E-state index in [0.717, 1.165) is 0 Å². The third kappa shape index (κ3) is 4.54. The number of anilines is 1. The van der Waals surface area contributed by atoms with Gasteiger partial charge in [-0.05, 0) is 40.2 Å². The van der Waals surface area contributed by atoms with Gasteiger partial charge in [0.25, 0.3) is 11.5 Å². The maximum Gasteiger partial charge on any atom is 0.325 e. The standard InChI is InChI=1S/C18H17BrN6O5/c1-24-16-14(15(19)23-24)18(29)25(9-21-16)8-12(26)22-11-5-3-10(4-6-11)17(28)20-7-13(27)30-2/h3-6,9H,7-8H2,1-2H3,(H,20,28)(H,22,26). The number of amides is 2. The number of carbonyl (C=O) groups is 3. The summed E-state index contributed by atoms with van der Waals surface area (Å²) in [5, 5.41) is 9.43. The van der Waals surface area contributed by atoms with Crippen molar-refractivity contribution in [2.45, 2.75) is 6.54 Å². The zero-order chi connectivity index (χ0) is 21.8. The second-order valence-corrected chi connectivity index (χ2v) is 6.93. The summed E-state index contributed by atoms with van der Waals surface area (Å²) in [6.45, 7) is -0.488. The molecule has 0 aliphatic rings. The summed E-state index contributed by atoms with van der Waals surface area (Å²) in [5.74, 6) is -1.46. The Morgan fingerprint density at radius 2 is 1.90 bits per heavy atom. The molecule has 0 bridgehead atoms. The number of ether oxygens (including phenoxy) is 1. The number of aromatic nitrogens is 4. The first-order valence-electron chi connectivity index (χ1n) is 8.62. The second-order valence-electron chi connectivity index (χ2n) is 6.17. The van der Waals surface area contributed by atoms with Gasteiger partial charge in [0.05, 0.1) is 7.11 Å². The van der Waals surface area contributed by atoms with Crippen LogP contribution in [0.4, 0.5) is 5.69 Å². The molecule has 2 aromatic heterocycles. The normalized spacial score (nSPS) is 10.6. The zero-order valence-corrected chi connectivity index (χ0v) is 17.6. The predicted molar refractivity (Wildman–Crippen MR) is 110 cm³/mol. The molecule has 0 spiro atoms. The van der Waals surface area contributed by atoms with Gasteiger partial charge in [-0.15, -0.1) is 0 Å². The Hall–Kier alpha value is -3.54. The van der Waals surface area contributed by atoms with E-state index in [4.69, 9.17) is 0 Å². The third-order valence-electron chi connectivity index (χ3n) is 4.13. The van der Waals surface area contributed by atoms with E-state index in [9.17, 15) is 19.2 Å². The topological polar surface area (TPSA) is 137 Å². The number of nitrogens with one attached hydrogen (secondary N) is 2. The first-order valence-corrected chi connectivity index (χ1v) is 9.42. The number of hydrogen-bond donors (Lipinski definition) is 2. The monoisotopic (exact) mass is 476 g/mol. The molecule has 3 aromatic rings. The SMILES string of the molecule is COC(=O)CNC(=O)c1ccc(NC(=O)Cn2cnc3c(c(Br)nn3C)c2=O)cc1. The van der Waals surface area contributed by atoms with Crippen LogP contribution < -0.4 is 16.2 Å². The molecule has 0 radical (unpaired) electrons. The van der Waals surface area contributed by atoms with Crippen LogP contribution in [0.5, 0.6) is 0 Å². The highest BCUT2D eigenvalue weighted by Gasteiger charge is 2.15. The molecule has 0 saturated heterocycles. The first-order chi connectivity index (χ1) is 14.3. The number of hydrogen-bond acceptors (Lipinski definition) is 7. The van der Waals surface area contributed by atoms with Gasteiger partial charge in [0.2, 0.25) is 5.91 Å². The van der Waals surface area contributed by atoms with Gasteiger partial charge in [-0.1, -0.05) is 0 Å². The molecule has 0 aliphatic carbocycles. The van der Waals surface area contributed by atoms with Gasteiger partial charge < -0.3 is 15.4 Å². The number of methoxy groups -OCH3 is 1. The molecule has 0 atom stereocenters. The Kier molecular flexibility index (Phi) is 6.26. The Morgan fingerprint density at radius 3 is 2.57 bits per heavy atom. The quantitative estimate of drug-likeness (QED) is 0.492. The molecule has 12 heteroatoms. The number of aryl methyl sites for hydroxylation is 1. The summed E-state index contributed by atoms with van der Waals surface area (Å²) in [7, 11) is 2.89. The molecule has 2 N–H and O–H groups in total. The van der Waals surface area contributed by atoms with Gasteiger partial charge in [0.15, 0.2) is 5.65 Å². The fraction of sp³-hybridized carbons (Fsp3) is 0.222. The number of carbonyl (C=O) groups excluding carboxylic acids is 3. The molecule has 0 saturated carbocycles. The number of halogens is 1. The summed E-state index contributed by atoms with van der Waals surface area (Å²) in [4.78, 5) is 52.1. The number of nitrogens with zero attached hydrogens (tertiary/aromatic N) is 4. The minimum Gasteiger partial charge on any atom is -0.468 e. The Morgan fingerprint density at radius 1 is 1.20 bits per heavy atom. The van der Waals surface area contributed by atoms with Crippen LogP contribution in [0.3, 0.4) is 0 Å². The lowest BCUT2D eigenvalue weighted by atomic mass is 10.2. The van der Waals surface area contributed by atoms with Crippen LogP contribution in [0.2, 0.25) is 0 Å². The van der Waals surface area contributed by atoms with E-state index in [-0.39, 0.29) is 18.5 Å². The second kappa shape index (κ2) is 8.86. The van der Waals surface area contributed by atoms with E-state index in [1.807, 2.05) is 0 Å². The molecule has 156 valence electrons. The lowest BCUT2D eigenvalue weighted by Gasteiger charge is -2.08. The van der Waals surface area contributed by atoms with Crippen LogP contribution in [0, 0.1) is 0 Å². The van der Waals surface area contributed by atoms with Crippen molar-refractivity contribution in [3.05, 3.63) is 51.1 Å². The number of esters is 1. The molecule has 2 amide bonds. The van der Waals surface area contributed by atoms with Crippen LogP contribution in [-0.2, 0) is 27.9 Å². The number of rotatable bonds is 6. The molecule has 1 aromatic carbocycles. The van der Waals surface area contributed by atoms with Crippen LogP contribution in [0.15, 0.2) is 40.0 Å². The maximum atomic E-state index is 12.6. The number of fused-ring (bicyclic) bond motifs is 1. The highest BCUT2D eigenvalue weighted by atomic mass is 79.9. The van der Waals surface area contributed by atoms with Crippen molar-refractivity contribution in [2.75, 3.05) is 19.0 Å². The van der Waals surface area contributed by atoms with Gasteiger partial charge >= 0.3 is 5.97 Å². The summed E-state index contributed by atoms with van der Waals surface area (Å²) in [6, 6.07) is 6.06. The van der Waals surface area contributed by atoms with E-state index in [2.05, 4.69) is 41.4 Å². The molecule has 30 heavy (non-hydrogen) atoms. The zero-order valence-electron chi connectivity index (χ0n) is 16.0. The van der Waals surface area contributed by atoms with E-state index < -0.39 is 23.3 Å². The average molecular weight is 477 g/mol. The fourth-order valence-corrected chi connectivity index (χ4v) is 3.22. The van der Waals surface area contributed by atoms with Gasteiger partial charge in [-0.25, -0.2) is 9.67 Å². The van der Waals surface area contributed by atoms with Crippen LogP contribution in [0.1, 0.15) is 10.4 Å². The van der Waals surface area contributed by atoms with Gasteiger partial charge in [0.1, 0.15) is 29.4 Å². The fourth-order valence-electron chi connectivity index (χ4n) is 2.64. The summed E-state index contributed by atoms with van der Waals surface area (Å²) in [5.41, 5.74) is 0.760. The molecule has 0 fully saturated rings. The van der Waals surface area contributed by atoms with Crippen molar-refractivity contribution in [3.63, 3.8) is 0 Å². The summed E-state index contributed by atoms with van der Waals surface area (Å²) in [6.07, 6.45) is 1.28. The van der Waals surface area contributed by atoms with Crippen molar-refractivity contribution < 1.29 is 19.1 Å². The average Bonchev–Trinajstić information content (AvgIpc) is 3.02. The van der Waals surface area contributed by atoms with Gasteiger partial charge in [-0.2, -0.15) is 5.10 Å². The Bertz CT molecular complexity index is 1180. The smallest absolute Gasteiger partial charge is 0.325 e. The van der Waals surface area contributed by atoms with E-state index in [0.29, 0.717) is 21.5 Å².